The Hall–Kier alpha value is -2.08. The summed E-state index contributed by atoms with van der Waals surface area (Å²) < 4.78 is 5.56. The quantitative estimate of drug-likeness (QED) is 0.896. The molecule has 114 valence electrons. The van der Waals surface area contributed by atoms with Gasteiger partial charge in [-0.25, -0.2) is 9.59 Å². The number of ether oxygens (including phenoxy) is 1. The van der Waals surface area contributed by atoms with Crippen LogP contribution in [0.5, 0.6) is 0 Å². The average molecular weight is 292 g/mol. The molecule has 6 heteroatoms. The summed E-state index contributed by atoms with van der Waals surface area (Å²) in [5.74, 6) is -1.06. The lowest BCUT2D eigenvalue weighted by atomic mass is 10.1. The molecule has 2 N–H and O–H groups in total. The fourth-order valence-electron chi connectivity index (χ4n) is 2.40. The molecule has 2 unspecified atom stereocenters. The van der Waals surface area contributed by atoms with Gasteiger partial charge in [0, 0.05) is 6.54 Å². The number of carboxylic acids is 1. The summed E-state index contributed by atoms with van der Waals surface area (Å²) in [5, 5.41) is 11.8. The second-order valence-electron chi connectivity index (χ2n) is 5.14. The van der Waals surface area contributed by atoms with Gasteiger partial charge in [-0.3, -0.25) is 0 Å². The maximum atomic E-state index is 12.4. The molecule has 1 fully saturated rings. The van der Waals surface area contributed by atoms with Crippen LogP contribution in [-0.2, 0) is 4.74 Å². The number of amides is 2. The average Bonchev–Trinajstić information content (AvgIpc) is 2.47. The Morgan fingerprint density at radius 1 is 1.43 bits per heavy atom. The van der Waals surface area contributed by atoms with Crippen molar-refractivity contribution in [2.45, 2.75) is 32.4 Å². The maximum absolute atomic E-state index is 12.4. The molecular formula is C15H20N2O4. The highest BCUT2D eigenvalue weighted by Gasteiger charge is 2.29. The molecule has 0 spiro atoms. The van der Waals surface area contributed by atoms with E-state index in [1.54, 1.807) is 23.1 Å². The number of nitrogens with one attached hydrogen (secondary N) is 1. The minimum Gasteiger partial charge on any atom is -0.478 e. The van der Waals surface area contributed by atoms with Crippen molar-refractivity contribution in [1.82, 2.24) is 4.90 Å². The van der Waals surface area contributed by atoms with E-state index in [1.165, 1.54) is 6.07 Å². The van der Waals surface area contributed by atoms with Gasteiger partial charge in [0.05, 0.1) is 30.0 Å². The second kappa shape index (κ2) is 6.58. The van der Waals surface area contributed by atoms with Crippen molar-refractivity contribution in [3.63, 3.8) is 0 Å². The Morgan fingerprint density at radius 2 is 2.14 bits per heavy atom. The van der Waals surface area contributed by atoms with Crippen LogP contribution in [0.25, 0.3) is 0 Å². The number of aromatic carboxylic acids is 1. The highest BCUT2D eigenvalue weighted by atomic mass is 16.5. The highest BCUT2D eigenvalue weighted by molar-refractivity contribution is 6.00. The van der Waals surface area contributed by atoms with Crippen molar-refractivity contribution in [1.29, 1.82) is 0 Å². The number of carboxylic acid groups (broad SMARTS) is 1. The fraction of sp³-hybridized carbons (Fsp3) is 0.467. The molecule has 1 aromatic carbocycles. The van der Waals surface area contributed by atoms with E-state index in [0.717, 1.165) is 6.42 Å². The first-order valence-corrected chi connectivity index (χ1v) is 7.04. The van der Waals surface area contributed by atoms with Gasteiger partial charge in [0.2, 0.25) is 0 Å². The summed E-state index contributed by atoms with van der Waals surface area (Å²) in [6.45, 7) is 4.91. The van der Waals surface area contributed by atoms with Crippen LogP contribution in [0.15, 0.2) is 24.3 Å². The van der Waals surface area contributed by atoms with Gasteiger partial charge in [0.15, 0.2) is 0 Å². The van der Waals surface area contributed by atoms with Crippen molar-refractivity contribution in [2.24, 2.45) is 0 Å². The Bertz CT molecular complexity index is 532. The standard InChI is InChI=1S/C15H20N2O4/c1-3-11-9-21-10(2)8-17(11)15(20)16-13-7-5-4-6-12(13)14(18)19/h4-7,10-11H,3,8-9H2,1-2H3,(H,16,20)(H,18,19). The Labute approximate surface area is 123 Å². The SMILES string of the molecule is CCC1COC(C)CN1C(=O)Nc1ccccc1C(=O)O. The van der Waals surface area contributed by atoms with Crippen LogP contribution in [0.1, 0.15) is 30.6 Å². The van der Waals surface area contributed by atoms with E-state index in [0.29, 0.717) is 18.8 Å². The minimum atomic E-state index is -1.06. The largest absolute Gasteiger partial charge is 0.478 e. The first kappa shape index (κ1) is 15.3. The molecule has 0 aliphatic carbocycles. The smallest absolute Gasteiger partial charge is 0.337 e. The van der Waals surface area contributed by atoms with Gasteiger partial charge in [-0.1, -0.05) is 19.1 Å². The summed E-state index contributed by atoms with van der Waals surface area (Å²) in [7, 11) is 0. The van der Waals surface area contributed by atoms with Crippen molar-refractivity contribution in [3.05, 3.63) is 29.8 Å². The van der Waals surface area contributed by atoms with Gasteiger partial charge >= 0.3 is 12.0 Å². The number of hydrogen-bond acceptors (Lipinski definition) is 3. The molecule has 0 radical (unpaired) electrons. The van der Waals surface area contributed by atoms with Crippen LogP contribution in [0, 0.1) is 0 Å². The lowest BCUT2D eigenvalue weighted by molar-refractivity contribution is -0.0357. The van der Waals surface area contributed by atoms with Crippen LogP contribution in [0.4, 0.5) is 10.5 Å². The molecule has 0 saturated carbocycles. The number of carbonyl (C=O) groups is 2. The molecule has 2 amide bonds. The molecule has 2 atom stereocenters. The van der Waals surface area contributed by atoms with E-state index in [1.807, 2.05) is 13.8 Å². The minimum absolute atomic E-state index is 0.0122. The number of nitrogens with zero attached hydrogens (tertiary/aromatic N) is 1. The number of urea groups is 1. The number of hydrogen-bond donors (Lipinski definition) is 2. The van der Waals surface area contributed by atoms with E-state index in [-0.39, 0.29) is 23.7 Å². The van der Waals surface area contributed by atoms with Crippen LogP contribution in [0.3, 0.4) is 0 Å². The number of para-hydroxylation sites is 1. The summed E-state index contributed by atoms with van der Waals surface area (Å²) >= 11 is 0. The van der Waals surface area contributed by atoms with Gasteiger partial charge in [0.1, 0.15) is 0 Å². The van der Waals surface area contributed by atoms with Gasteiger partial charge in [-0.2, -0.15) is 0 Å². The molecule has 0 bridgehead atoms. The molecule has 1 saturated heterocycles. The maximum Gasteiger partial charge on any atom is 0.337 e. The van der Waals surface area contributed by atoms with Gasteiger partial charge in [-0.05, 0) is 25.5 Å². The van der Waals surface area contributed by atoms with E-state index >= 15 is 0 Å². The molecule has 1 heterocycles. The van der Waals surface area contributed by atoms with E-state index in [9.17, 15) is 9.59 Å². The molecular weight excluding hydrogens is 272 g/mol. The van der Waals surface area contributed by atoms with Gasteiger partial charge in [-0.15, -0.1) is 0 Å². The lowest BCUT2D eigenvalue weighted by Crippen LogP contribution is -2.52. The summed E-state index contributed by atoms with van der Waals surface area (Å²) in [6.07, 6.45) is 0.772. The van der Waals surface area contributed by atoms with Crippen molar-refractivity contribution in [3.8, 4) is 0 Å². The molecule has 1 aliphatic heterocycles. The first-order chi connectivity index (χ1) is 10.0. The molecule has 2 rings (SSSR count). The number of carbonyl (C=O) groups excluding carboxylic acids is 1. The third-order valence-corrected chi connectivity index (χ3v) is 3.60. The van der Waals surface area contributed by atoms with E-state index < -0.39 is 5.97 Å². The summed E-state index contributed by atoms with van der Waals surface area (Å²) in [4.78, 5) is 25.3. The van der Waals surface area contributed by atoms with Crippen molar-refractivity contribution in [2.75, 3.05) is 18.5 Å². The molecule has 21 heavy (non-hydrogen) atoms. The predicted octanol–water partition coefficient (Wildman–Crippen LogP) is 2.42. The van der Waals surface area contributed by atoms with Crippen LogP contribution >= 0.6 is 0 Å². The van der Waals surface area contributed by atoms with Crippen molar-refractivity contribution >= 4 is 17.7 Å². The third-order valence-electron chi connectivity index (χ3n) is 3.60. The zero-order valence-electron chi connectivity index (χ0n) is 12.2. The zero-order valence-corrected chi connectivity index (χ0v) is 12.2. The van der Waals surface area contributed by atoms with E-state index in [2.05, 4.69) is 5.32 Å². The third kappa shape index (κ3) is 3.52. The Morgan fingerprint density at radius 3 is 2.81 bits per heavy atom. The normalized spacial score (nSPS) is 21.9. The van der Waals surface area contributed by atoms with Crippen molar-refractivity contribution < 1.29 is 19.4 Å². The zero-order chi connectivity index (χ0) is 15.4. The van der Waals surface area contributed by atoms with Crippen LogP contribution < -0.4 is 5.32 Å². The number of anilines is 1. The van der Waals surface area contributed by atoms with Gasteiger partial charge in [0.25, 0.3) is 0 Å². The number of morpholine rings is 1. The predicted molar refractivity (Wildman–Crippen MR) is 78.6 cm³/mol. The summed E-state index contributed by atoms with van der Waals surface area (Å²) in [5.41, 5.74) is 0.393. The fourth-order valence-corrected chi connectivity index (χ4v) is 2.40. The first-order valence-electron chi connectivity index (χ1n) is 7.04. The molecule has 0 aromatic heterocycles. The molecule has 6 nitrogen and oxygen atoms in total. The number of benzene rings is 1. The summed E-state index contributed by atoms with van der Waals surface area (Å²) in [6, 6.07) is 6.11. The van der Waals surface area contributed by atoms with Crippen LogP contribution in [-0.4, -0.2) is 47.3 Å². The Kier molecular flexibility index (Phi) is 4.80. The Balaban J connectivity index is 2.15. The second-order valence-corrected chi connectivity index (χ2v) is 5.14. The van der Waals surface area contributed by atoms with Crippen LogP contribution in [0.2, 0.25) is 0 Å². The monoisotopic (exact) mass is 292 g/mol. The number of rotatable bonds is 3. The van der Waals surface area contributed by atoms with Gasteiger partial charge < -0.3 is 20.1 Å². The lowest BCUT2D eigenvalue weighted by Gasteiger charge is -2.38. The van der Waals surface area contributed by atoms with E-state index in [4.69, 9.17) is 9.84 Å². The highest BCUT2D eigenvalue weighted by Crippen LogP contribution is 2.19. The topological polar surface area (TPSA) is 78.9 Å². The molecule has 1 aromatic rings. The molecule has 1 aliphatic rings.